The molecule has 0 bridgehead atoms. The molecule has 2 nitrogen and oxygen atoms in total. The van der Waals surface area contributed by atoms with Crippen molar-refractivity contribution < 1.29 is 36.4 Å². The fraction of sp³-hybridized carbons (Fsp3) is 0.250. The molecule has 0 heterocycles. The van der Waals surface area contributed by atoms with Crippen molar-refractivity contribution in [2.24, 2.45) is 0 Å². The van der Waals surface area contributed by atoms with Crippen molar-refractivity contribution in [2.45, 2.75) is 55.4 Å². The maximum absolute atomic E-state index is 8.88. The van der Waals surface area contributed by atoms with Gasteiger partial charge in [-0.1, -0.05) is 104 Å². The molecule has 0 spiro atoms. The summed E-state index contributed by atoms with van der Waals surface area (Å²) in [5.41, 5.74) is 13.2. The third kappa shape index (κ3) is 11.8. The number of rotatable bonds is 2. The van der Waals surface area contributed by atoms with E-state index in [1.165, 1.54) is 55.2 Å². The molecule has 0 saturated heterocycles. The topological polar surface area (TPSA) is 40.5 Å². The van der Waals surface area contributed by atoms with Gasteiger partial charge in [0.05, 0.1) is 0 Å². The number of aryl methyl sites for hydroxylation is 4. The number of thiocarbonyl (C=S) groups is 2. The molecule has 0 aromatic heterocycles. The van der Waals surface area contributed by atoms with Gasteiger partial charge in [0.2, 0.25) is 0 Å². The zero-order valence-corrected chi connectivity index (χ0v) is 27.2. The molecule has 4 aromatic carbocycles. The monoisotopic (exact) mass is 608 g/mol. The first-order valence-corrected chi connectivity index (χ1v) is 12.7. The number of benzene rings is 2. The van der Waals surface area contributed by atoms with Crippen LogP contribution in [0.2, 0.25) is 0 Å². The van der Waals surface area contributed by atoms with Gasteiger partial charge in [-0.25, -0.2) is 0 Å². The van der Waals surface area contributed by atoms with Crippen LogP contribution in [-0.4, -0.2) is 20.9 Å². The molecule has 2 N–H and O–H groups in total. The van der Waals surface area contributed by atoms with Gasteiger partial charge in [-0.2, -0.15) is 56.6 Å². The van der Waals surface area contributed by atoms with Crippen molar-refractivity contribution in [3.63, 3.8) is 0 Å². The second-order valence-electron chi connectivity index (χ2n) is 8.95. The summed E-state index contributed by atoms with van der Waals surface area (Å²) in [5.74, 6) is 0.516. The standard InChI is InChI=1S/2C9H13.2C7H6OS.Zr/c2*1-6-5-7(2)9(4)8(6)3;2*8-7-3-1-2-6(4-7)5-9;/h2*5H,1-4H3;2*1-5,8H;/q2*-1;;;+2. The Kier molecular flexibility index (Phi) is 16.3. The van der Waals surface area contributed by atoms with Gasteiger partial charge in [-0.3, -0.25) is 0 Å². The van der Waals surface area contributed by atoms with Crippen LogP contribution < -0.4 is 0 Å². The summed E-state index contributed by atoms with van der Waals surface area (Å²) in [6, 6.07) is 18.1. The van der Waals surface area contributed by atoms with Crippen molar-refractivity contribution in [2.75, 3.05) is 0 Å². The predicted molar refractivity (Wildman–Crippen MR) is 164 cm³/mol. The van der Waals surface area contributed by atoms with E-state index in [0.29, 0.717) is 0 Å². The fourth-order valence-corrected chi connectivity index (χ4v) is 3.75. The van der Waals surface area contributed by atoms with Gasteiger partial charge in [0.1, 0.15) is 11.5 Å². The van der Waals surface area contributed by atoms with Crippen LogP contribution in [0.1, 0.15) is 55.6 Å². The van der Waals surface area contributed by atoms with Gasteiger partial charge in [0.25, 0.3) is 0 Å². The van der Waals surface area contributed by atoms with E-state index in [2.05, 4.69) is 92.0 Å². The van der Waals surface area contributed by atoms with E-state index in [9.17, 15) is 0 Å². The Morgan fingerprint density at radius 3 is 1.08 bits per heavy atom. The molecule has 0 aliphatic carbocycles. The van der Waals surface area contributed by atoms with Crippen LogP contribution in [0.15, 0.2) is 60.7 Å². The number of phenolic OH excluding ortho intramolecular Hbond substituents is 2. The smallest absolute Gasteiger partial charge is 0.508 e. The van der Waals surface area contributed by atoms with Crippen molar-refractivity contribution >= 4 is 35.2 Å². The second kappa shape index (κ2) is 17.3. The molecule has 194 valence electrons. The molecular formula is C32H38O2S2Zr. The van der Waals surface area contributed by atoms with E-state index >= 15 is 0 Å². The zero-order valence-electron chi connectivity index (χ0n) is 23.1. The Bertz CT molecular complexity index is 1140. The average Bonchev–Trinajstić information content (AvgIpc) is 3.22. The summed E-state index contributed by atoms with van der Waals surface area (Å²) in [6.07, 6.45) is 0. The number of hydrogen-bond acceptors (Lipinski definition) is 4. The Hall–Kier alpha value is -2.20. The van der Waals surface area contributed by atoms with E-state index < -0.39 is 0 Å². The van der Waals surface area contributed by atoms with Crippen molar-refractivity contribution in [3.8, 4) is 11.5 Å². The van der Waals surface area contributed by atoms with Crippen LogP contribution >= 0.6 is 24.4 Å². The van der Waals surface area contributed by atoms with Gasteiger partial charge in [0, 0.05) is 10.7 Å². The molecule has 37 heavy (non-hydrogen) atoms. The van der Waals surface area contributed by atoms with E-state index in [1.54, 1.807) is 36.4 Å². The van der Waals surface area contributed by atoms with Gasteiger partial charge in [-0.15, -0.1) is 0 Å². The Balaban J connectivity index is 0.000000463. The SMILES string of the molecule is Cc1c[c-](C)c(C)c1C.Cc1c[c-](C)c(C)c1C.Oc1cccc(C=S)c1.Oc1cccc(C=S)c1.[Zr+2]. The molecule has 0 fully saturated rings. The van der Waals surface area contributed by atoms with Crippen molar-refractivity contribution in [3.05, 3.63) is 116 Å². The first-order valence-electron chi connectivity index (χ1n) is 11.8. The Labute approximate surface area is 253 Å². The van der Waals surface area contributed by atoms with E-state index in [-0.39, 0.29) is 37.7 Å². The van der Waals surface area contributed by atoms with Crippen LogP contribution in [0.25, 0.3) is 0 Å². The summed E-state index contributed by atoms with van der Waals surface area (Å²) >= 11 is 9.28. The van der Waals surface area contributed by atoms with E-state index in [0.717, 1.165) is 11.1 Å². The van der Waals surface area contributed by atoms with Gasteiger partial charge < -0.3 is 10.2 Å². The largest absolute Gasteiger partial charge is 2.00 e. The summed E-state index contributed by atoms with van der Waals surface area (Å²) in [6.45, 7) is 17.4. The van der Waals surface area contributed by atoms with Crippen LogP contribution in [0.3, 0.4) is 0 Å². The van der Waals surface area contributed by atoms with Crippen molar-refractivity contribution in [1.82, 2.24) is 0 Å². The van der Waals surface area contributed by atoms with Gasteiger partial charge >= 0.3 is 26.2 Å². The fourth-order valence-electron chi connectivity index (χ4n) is 3.46. The molecule has 4 rings (SSSR count). The third-order valence-corrected chi connectivity index (χ3v) is 6.91. The van der Waals surface area contributed by atoms with E-state index in [4.69, 9.17) is 10.2 Å². The van der Waals surface area contributed by atoms with Gasteiger partial charge in [0.15, 0.2) is 0 Å². The number of aromatic hydroxyl groups is 2. The quantitative estimate of drug-likeness (QED) is 0.176. The molecule has 4 aromatic rings. The summed E-state index contributed by atoms with van der Waals surface area (Å²) < 4.78 is 0. The maximum Gasteiger partial charge on any atom is 2.00 e. The molecular weight excluding hydrogens is 572 g/mol. The summed E-state index contributed by atoms with van der Waals surface area (Å²) in [4.78, 5) is 0. The summed E-state index contributed by atoms with van der Waals surface area (Å²) in [5, 5.41) is 20.8. The molecule has 0 aliphatic rings. The minimum atomic E-state index is 0. The minimum absolute atomic E-state index is 0. The van der Waals surface area contributed by atoms with Crippen LogP contribution in [-0.2, 0) is 26.2 Å². The molecule has 0 aliphatic heterocycles. The van der Waals surface area contributed by atoms with Crippen molar-refractivity contribution in [1.29, 1.82) is 0 Å². The minimum Gasteiger partial charge on any atom is -0.508 e. The molecule has 5 heteroatoms. The average molecular weight is 610 g/mol. The predicted octanol–water partition coefficient (Wildman–Crippen LogP) is 8.76. The first kappa shape index (κ1) is 34.8. The number of hydrogen-bond donors (Lipinski definition) is 2. The zero-order chi connectivity index (χ0) is 27.4. The van der Waals surface area contributed by atoms with Crippen LogP contribution in [0.4, 0.5) is 0 Å². The van der Waals surface area contributed by atoms with Crippen LogP contribution in [0, 0.1) is 55.4 Å². The summed E-state index contributed by atoms with van der Waals surface area (Å²) in [7, 11) is 0. The Morgan fingerprint density at radius 2 is 0.946 bits per heavy atom. The Morgan fingerprint density at radius 1 is 0.622 bits per heavy atom. The molecule has 0 amide bonds. The maximum atomic E-state index is 8.88. The van der Waals surface area contributed by atoms with Crippen LogP contribution in [0.5, 0.6) is 11.5 Å². The number of phenols is 2. The first-order chi connectivity index (χ1) is 16.9. The third-order valence-electron chi connectivity index (χ3n) is 6.37. The second-order valence-corrected chi connectivity index (χ2v) is 9.42. The molecule has 0 unspecified atom stereocenters. The van der Waals surface area contributed by atoms with E-state index in [1.807, 2.05) is 12.1 Å². The molecule has 0 atom stereocenters. The molecule has 0 radical (unpaired) electrons. The van der Waals surface area contributed by atoms with Gasteiger partial charge in [-0.05, 0) is 35.4 Å². The normalized spacial score (nSPS) is 9.30. The molecule has 0 saturated carbocycles.